The van der Waals surface area contributed by atoms with E-state index in [0.29, 0.717) is 31.7 Å². The van der Waals surface area contributed by atoms with E-state index in [2.05, 4.69) is 10.2 Å². The molecule has 0 bridgehead atoms. The van der Waals surface area contributed by atoms with E-state index in [1.54, 1.807) is 0 Å². The number of likely N-dealkylation sites (tertiary alicyclic amines) is 2. The number of piperidine rings is 1. The predicted octanol–water partition coefficient (Wildman–Crippen LogP) is 3.24. The first kappa shape index (κ1) is 21.4. The maximum absolute atomic E-state index is 12.4. The van der Waals surface area contributed by atoms with Crippen LogP contribution in [0.25, 0.3) is 0 Å². The van der Waals surface area contributed by atoms with Crippen molar-refractivity contribution in [3.8, 4) is 0 Å². The molecule has 160 valence electrons. The molecule has 2 fully saturated rings. The van der Waals surface area contributed by atoms with Crippen molar-refractivity contribution < 1.29 is 19.1 Å². The Balaban J connectivity index is 1.36. The van der Waals surface area contributed by atoms with E-state index >= 15 is 0 Å². The number of ether oxygens (including phenoxy) is 2. The SMILES string of the molecule is CC(C)(C)OC(=O)NCC1CN([C@H]2CCCN(C(=O)OCc3ccccc3)C2)C1. The number of carbonyl (C=O) groups is 2. The van der Waals surface area contributed by atoms with E-state index in [-0.39, 0.29) is 12.2 Å². The summed E-state index contributed by atoms with van der Waals surface area (Å²) in [6.07, 6.45) is 1.49. The maximum atomic E-state index is 12.4. The van der Waals surface area contributed by atoms with Crippen molar-refractivity contribution in [2.24, 2.45) is 5.92 Å². The first-order valence-electron chi connectivity index (χ1n) is 10.5. The second kappa shape index (κ2) is 9.48. The van der Waals surface area contributed by atoms with Gasteiger partial charge in [-0.3, -0.25) is 4.90 Å². The van der Waals surface area contributed by atoms with Crippen molar-refractivity contribution in [3.05, 3.63) is 35.9 Å². The fourth-order valence-corrected chi connectivity index (χ4v) is 3.81. The summed E-state index contributed by atoms with van der Waals surface area (Å²) < 4.78 is 10.8. The van der Waals surface area contributed by atoms with Crippen molar-refractivity contribution in [1.29, 1.82) is 0 Å². The normalized spacial score (nSPS) is 20.7. The van der Waals surface area contributed by atoms with Crippen LogP contribution in [0.5, 0.6) is 0 Å². The molecule has 2 saturated heterocycles. The van der Waals surface area contributed by atoms with Crippen molar-refractivity contribution in [1.82, 2.24) is 15.1 Å². The first-order chi connectivity index (χ1) is 13.8. The molecule has 0 radical (unpaired) electrons. The number of alkyl carbamates (subject to hydrolysis) is 1. The van der Waals surface area contributed by atoms with Crippen LogP contribution in [-0.4, -0.2) is 66.4 Å². The Labute approximate surface area is 173 Å². The van der Waals surface area contributed by atoms with Crippen LogP contribution in [-0.2, 0) is 16.1 Å². The molecule has 0 aliphatic carbocycles. The largest absolute Gasteiger partial charge is 0.445 e. The Morgan fingerprint density at radius 2 is 1.86 bits per heavy atom. The van der Waals surface area contributed by atoms with Crippen LogP contribution in [0.15, 0.2) is 30.3 Å². The number of carbonyl (C=O) groups excluding carboxylic acids is 2. The van der Waals surface area contributed by atoms with E-state index in [0.717, 1.165) is 38.0 Å². The minimum atomic E-state index is -0.476. The topological polar surface area (TPSA) is 71.1 Å². The Kier molecular flexibility index (Phi) is 7.00. The highest BCUT2D eigenvalue weighted by Gasteiger charge is 2.36. The second-order valence-electron chi connectivity index (χ2n) is 8.98. The molecule has 0 aromatic heterocycles. The first-order valence-corrected chi connectivity index (χ1v) is 10.5. The van der Waals surface area contributed by atoms with E-state index in [4.69, 9.17) is 9.47 Å². The molecule has 0 unspecified atom stereocenters. The van der Waals surface area contributed by atoms with Crippen LogP contribution in [0.2, 0.25) is 0 Å². The number of hydrogen-bond donors (Lipinski definition) is 1. The molecular formula is C22H33N3O4. The van der Waals surface area contributed by atoms with Crippen LogP contribution in [0.3, 0.4) is 0 Å². The van der Waals surface area contributed by atoms with Gasteiger partial charge in [-0.25, -0.2) is 9.59 Å². The highest BCUT2D eigenvalue weighted by Crippen LogP contribution is 2.24. The molecule has 2 heterocycles. The third-order valence-corrected chi connectivity index (χ3v) is 5.30. The van der Waals surface area contributed by atoms with E-state index in [1.807, 2.05) is 56.0 Å². The van der Waals surface area contributed by atoms with Crippen LogP contribution in [0.1, 0.15) is 39.2 Å². The summed E-state index contributed by atoms with van der Waals surface area (Å²) in [7, 11) is 0. The molecule has 1 aromatic rings. The standard InChI is InChI=1S/C22H33N3O4/c1-22(2,3)29-20(26)23-12-18-13-25(14-18)19-10-7-11-24(15-19)21(27)28-16-17-8-5-4-6-9-17/h4-6,8-9,18-19H,7,10-16H2,1-3H3,(H,23,26)/t19-/m0/s1. The zero-order valence-electron chi connectivity index (χ0n) is 17.7. The summed E-state index contributed by atoms with van der Waals surface area (Å²) in [4.78, 5) is 28.4. The summed E-state index contributed by atoms with van der Waals surface area (Å²) in [6.45, 7) is 9.85. The maximum Gasteiger partial charge on any atom is 0.410 e. The molecule has 1 atom stereocenters. The fourth-order valence-electron chi connectivity index (χ4n) is 3.81. The average molecular weight is 404 g/mol. The van der Waals surface area contributed by atoms with Gasteiger partial charge in [0.25, 0.3) is 0 Å². The van der Waals surface area contributed by atoms with Crippen LogP contribution < -0.4 is 5.32 Å². The van der Waals surface area contributed by atoms with Gasteiger partial charge in [-0.05, 0) is 39.2 Å². The van der Waals surface area contributed by atoms with Gasteiger partial charge in [0.2, 0.25) is 0 Å². The summed E-state index contributed by atoms with van der Waals surface area (Å²) in [5.74, 6) is 0.433. The third kappa shape index (κ3) is 6.63. The zero-order valence-corrected chi connectivity index (χ0v) is 17.7. The molecule has 2 amide bonds. The molecule has 3 rings (SSSR count). The number of rotatable bonds is 5. The quantitative estimate of drug-likeness (QED) is 0.817. The van der Waals surface area contributed by atoms with Gasteiger partial charge in [0.1, 0.15) is 12.2 Å². The smallest absolute Gasteiger partial charge is 0.410 e. The number of nitrogens with zero attached hydrogens (tertiary/aromatic N) is 2. The Hall–Kier alpha value is -2.28. The molecule has 1 N–H and O–H groups in total. The van der Waals surface area contributed by atoms with Gasteiger partial charge in [0.05, 0.1) is 0 Å². The van der Waals surface area contributed by atoms with Gasteiger partial charge in [0, 0.05) is 44.7 Å². The van der Waals surface area contributed by atoms with Crippen LogP contribution in [0.4, 0.5) is 9.59 Å². The molecular weight excluding hydrogens is 370 g/mol. The summed E-state index contributed by atoms with van der Waals surface area (Å²) >= 11 is 0. The van der Waals surface area contributed by atoms with Gasteiger partial charge in [-0.15, -0.1) is 0 Å². The Bertz CT molecular complexity index is 683. The van der Waals surface area contributed by atoms with E-state index in [1.165, 1.54) is 0 Å². The Morgan fingerprint density at radius 1 is 1.14 bits per heavy atom. The van der Waals surface area contributed by atoms with Gasteiger partial charge in [-0.2, -0.15) is 0 Å². The molecule has 2 aliphatic rings. The molecule has 0 spiro atoms. The summed E-state index contributed by atoms with van der Waals surface area (Å²) in [6, 6.07) is 10.1. The highest BCUT2D eigenvalue weighted by molar-refractivity contribution is 5.68. The lowest BCUT2D eigenvalue weighted by molar-refractivity contribution is 0.00709. The van der Waals surface area contributed by atoms with Crippen molar-refractivity contribution in [2.75, 3.05) is 32.7 Å². The van der Waals surface area contributed by atoms with Crippen LogP contribution in [0, 0.1) is 5.92 Å². The van der Waals surface area contributed by atoms with E-state index in [9.17, 15) is 9.59 Å². The molecule has 7 heteroatoms. The number of amides is 2. The lowest BCUT2D eigenvalue weighted by Gasteiger charge is -2.47. The fraction of sp³-hybridized carbons (Fsp3) is 0.636. The summed E-state index contributed by atoms with van der Waals surface area (Å²) in [5.41, 5.74) is 0.522. The van der Waals surface area contributed by atoms with Gasteiger partial charge < -0.3 is 19.7 Å². The minimum Gasteiger partial charge on any atom is -0.445 e. The summed E-state index contributed by atoms with van der Waals surface area (Å²) in [5, 5.41) is 2.85. The van der Waals surface area contributed by atoms with Gasteiger partial charge in [-0.1, -0.05) is 30.3 Å². The highest BCUT2D eigenvalue weighted by atomic mass is 16.6. The van der Waals surface area contributed by atoms with Gasteiger partial charge in [0.15, 0.2) is 0 Å². The third-order valence-electron chi connectivity index (χ3n) is 5.30. The zero-order chi connectivity index (χ0) is 20.9. The molecule has 29 heavy (non-hydrogen) atoms. The Morgan fingerprint density at radius 3 is 2.55 bits per heavy atom. The molecule has 7 nitrogen and oxygen atoms in total. The molecule has 1 aromatic carbocycles. The molecule has 0 saturated carbocycles. The number of benzene rings is 1. The lowest BCUT2D eigenvalue weighted by atomic mass is 9.94. The van der Waals surface area contributed by atoms with Crippen molar-refractivity contribution >= 4 is 12.2 Å². The van der Waals surface area contributed by atoms with Crippen molar-refractivity contribution in [3.63, 3.8) is 0 Å². The number of nitrogens with one attached hydrogen (secondary N) is 1. The lowest BCUT2D eigenvalue weighted by Crippen LogP contribution is -2.59. The number of hydrogen-bond acceptors (Lipinski definition) is 5. The molecule has 2 aliphatic heterocycles. The van der Waals surface area contributed by atoms with Gasteiger partial charge >= 0.3 is 12.2 Å². The minimum absolute atomic E-state index is 0.234. The van der Waals surface area contributed by atoms with Crippen LogP contribution >= 0.6 is 0 Å². The van der Waals surface area contributed by atoms with Crippen molar-refractivity contribution in [2.45, 2.75) is 51.9 Å². The second-order valence-corrected chi connectivity index (χ2v) is 8.98. The van der Waals surface area contributed by atoms with E-state index < -0.39 is 5.60 Å². The monoisotopic (exact) mass is 403 g/mol. The average Bonchev–Trinajstić information content (AvgIpc) is 2.64. The predicted molar refractivity (Wildman–Crippen MR) is 111 cm³/mol.